The number of nitrogens with zero attached hydrogens (tertiary/aromatic N) is 3. The Morgan fingerprint density at radius 2 is 1.30 bits per heavy atom. The molecule has 3 aromatic rings. The molecule has 0 radical (unpaired) electrons. The normalized spacial score (nSPS) is 12.3. The summed E-state index contributed by atoms with van der Waals surface area (Å²) in [5, 5.41) is 0. The SMILES string of the molecule is c1ccc2c(c1)Oc1ccccc1N2c1cncnc1. The van der Waals surface area contributed by atoms with E-state index in [1.165, 1.54) is 6.33 Å². The van der Waals surface area contributed by atoms with Gasteiger partial charge >= 0.3 is 0 Å². The number of hydrogen-bond acceptors (Lipinski definition) is 4. The molecule has 4 rings (SSSR count). The van der Waals surface area contributed by atoms with Crippen LogP contribution in [0.15, 0.2) is 67.3 Å². The lowest BCUT2D eigenvalue weighted by atomic mass is 10.1. The van der Waals surface area contributed by atoms with Gasteiger partial charge in [0.1, 0.15) is 6.33 Å². The maximum Gasteiger partial charge on any atom is 0.151 e. The molecule has 2 heterocycles. The van der Waals surface area contributed by atoms with Gasteiger partial charge in [-0.05, 0) is 24.3 Å². The average molecular weight is 261 g/mol. The molecule has 2 aromatic carbocycles. The van der Waals surface area contributed by atoms with E-state index < -0.39 is 0 Å². The molecule has 0 saturated heterocycles. The van der Waals surface area contributed by atoms with Crippen LogP contribution in [0.2, 0.25) is 0 Å². The Balaban J connectivity index is 1.98. The highest BCUT2D eigenvalue weighted by Crippen LogP contribution is 2.49. The van der Waals surface area contributed by atoms with Crippen molar-refractivity contribution in [2.75, 3.05) is 4.90 Å². The van der Waals surface area contributed by atoms with Crippen LogP contribution in [-0.2, 0) is 0 Å². The minimum absolute atomic E-state index is 0.829. The first kappa shape index (κ1) is 11.0. The van der Waals surface area contributed by atoms with Crippen molar-refractivity contribution in [1.29, 1.82) is 0 Å². The van der Waals surface area contributed by atoms with Crippen LogP contribution >= 0.6 is 0 Å². The van der Waals surface area contributed by atoms with Gasteiger partial charge in [-0.15, -0.1) is 0 Å². The van der Waals surface area contributed by atoms with Crippen LogP contribution in [0.5, 0.6) is 11.5 Å². The number of fused-ring (bicyclic) bond motifs is 2. The van der Waals surface area contributed by atoms with E-state index in [1.54, 1.807) is 12.4 Å². The van der Waals surface area contributed by atoms with Crippen molar-refractivity contribution >= 4 is 17.1 Å². The molecule has 0 amide bonds. The van der Waals surface area contributed by atoms with E-state index in [0.29, 0.717) is 0 Å². The summed E-state index contributed by atoms with van der Waals surface area (Å²) in [4.78, 5) is 10.3. The number of para-hydroxylation sites is 4. The molecule has 0 spiro atoms. The lowest BCUT2D eigenvalue weighted by molar-refractivity contribution is 0.477. The Bertz CT molecular complexity index is 713. The molecular weight excluding hydrogens is 250 g/mol. The number of anilines is 3. The van der Waals surface area contributed by atoms with Crippen molar-refractivity contribution in [3.63, 3.8) is 0 Å². The number of hydrogen-bond donors (Lipinski definition) is 0. The van der Waals surface area contributed by atoms with Gasteiger partial charge in [0, 0.05) is 0 Å². The summed E-state index contributed by atoms with van der Waals surface area (Å²) in [7, 11) is 0. The highest BCUT2D eigenvalue weighted by Gasteiger charge is 2.25. The van der Waals surface area contributed by atoms with Gasteiger partial charge in [-0.25, -0.2) is 9.97 Å². The summed E-state index contributed by atoms with van der Waals surface area (Å²) >= 11 is 0. The van der Waals surface area contributed by atoms with E-state index in [-0.39, 0.29) is 0 Å². The highest BCUT2D eigenvalue weighted by molar-refractivity contribution is 5.85. The number of ether oxygens (including phenoxy) is 1. The molecule has 0 fully saturated rings. The van der Waals surface area contributed by atoms with Crippen LogP contribution in [-0.4, -0.2) is 9.97 Å². The fourth-order valence-corrected chi connectivity index (χ4v) is 2.39. The van der Waals surface area contributed by atoms with Gasteiger partial charge in [-0.3, -0.25) is 0 Å². The minimum Gasteiger partial charge on any atom is -0.453 e. The molecule has 4 heteroatoms. The molecule has 0 bridgehead atoms. The van der Waals surface area contributed by atoms with Crippen LogP contribution in [0.3, 0.4) is 0 Å². The molecule has 1 aliphatic heterocycles. The van der Waals surface area contributed by atoms with Gasteiger partial charge in [-0.2, -0.15) is 0 Å². The molecule has 1 aliphatic rings. The second-order valence-corrected chi connectivity index (χ2v) is 4.47. The van der Waals surface area contributed by atoms with Crippen molar-refractivity contribution in [3.8, 4) is 11.5 Å². The fourth-order valence-electron chi connectivity index (χ4n) is 2.39. The van der Waals surface area contributed by atoms with Crippen molar-refractivity contribution < 1.29 is 4.74 Å². The molecule has 0 atom stereocenters. The average Bonchev–Trinajstić information content (AvgIpc) is 2.53. The first-order chi connectivity index (χ1) is 9.93. The zero-order valence-electron chi connectivity index (χ0n) is 10.6. The second kappa shape index (κ2) is 4.35. The second-order valence-electron chi connectivity index (χ2n) is 4.47. The summed E-state index contributed by atoms with van der Waals surface area (Å²) in [6.07, 6.45) is 5.12. The van der Waals surface area contributed by atoms with E-state index in [9.17, 15) is 0 Å². The first-order valence-electron chi connectivity index (χ1n) is 6.34. The van der Waals surface area contributed by atoms with Gasteiger partial charge < -0.3 is 9.64 Å². The Labute approximate surface area is 116 Å². The molecule has 4 nitrogen and oxygen atoms in total. The quantitative estimate of drug-likeness (QED) is 0.518. The lowest BCUT2D eigenvalue weighted by Crippen LogP contribution is -2.15. The van der Waals surface area contributed by atoms with Crippen molar-refractivity contribution in [2.24, 2.45) is 0 Å². The van der Waals surface area contributed by atoms with Gasteiger partial charge in [-0.1, -0.05) is 24.3 Å². The molecule has 0 N–H and O–H groups in total. The molecule has 20 heavy (non-hydrogen) atoms. The standard InChI is InChI=1S/C16H11N3O/c1-3-7-15-13(5-1)19(12-9-17-11-18-10-12)14-6-2-4-8-16(14)20-15/h1-11H. The summed E-state index contributed by atoms with van der Waals surface area (Å²) in [5.74, 6) is 1.66. The molecule has 0 aliphatic carbocycles. The number of aromatic nitrogens is 2. The number of benzene rings is 2. The number of rotatable bonds is 1. The molecule has 96 valence electrons. The third-order valence-electron chi connectivity index (χ3n) is 3.24. The summed E-state index contributed by atoms with van der Waals surface area (Å²) in [5.41, 5.74) is 2.89. The predicted octanol–water partition coefficient (Wildman–Crippen LogP) is 4.05. The van der Waals surface area contributed by atoms with Crippen LogP contribution in [0, 0.1) is 0 Å². The predicted molar refractivity (Wildman–Crippen MR) is 76.8 cm³/mol. The van der Waals surface area contributed by atoms with E-state index in [2.05, 4.69) is 14.9 Å². The topological polar surface area (TPSA) is 38.2 Å². The zero-order chi connectivity index (χ0) is 13.4. The van der Waals surface area contributed by atoms with E-state index in [1.807, 2.05) is 48.5 Å². The highest BCUT2D eigenvalue weighted by atomic mass is 16.5. The van der Waals surface area contributed by atoms with Crippen LogP contribution in [0.4, 0.5) is 17.1 Å². The van der Waals surface area contributed by atoms with Crippen molar-refractivity contribution in [2.45, 2.75) is 0 Å². The van der Waals surface area contributed by atoms with E-state index in [0.717, 1.165) is 28.6 Å². The van der Waals surface area contributed by atoms with E-state index >= 15 is 0 Å². The fraction of sp³-hybridized carbons (Fsp3) is 0. The molecule has 1 aromatic heterocycles. The molecule has 0 unspecified atom stereocenters. The van der Waals surface area contributed by atoms with Crippen molar-refractivity contribution in [1.82, 2.24) is 9.97 Å². The minimum atomic E-state index is 0.829. The Hall–Kier alpha value is -2.88. The van der Waals surface area contributed by atoms with Crippen LogP contribution in [0.1, 0.15) is 0 Å². The van der Waals surface area contributed by atoms with Crippen molar-refractivity contribution in [3.05, 3.63) is 67.3 Å². The zero-order valence-corrected chi connectivity index (χ0v) is 10.6. The van der Waals surface area contributed by atoms with E-state index in [4.69, 9.17) is 4.74 Å². The van der Waals surface area contributed by atoms with Gasteiger partial charge in [0.25, 0.3) is 0 Å². The summed E-state index contributed by atoms with van der Waals surface area (Å²) in [6.45, 7) is 0. The maximum absolute atomic E-state index is 5.95. The maximum atomic E-state index is 5.95. The smallest absolute Gasteiger partial charge is 0.151 e. The molecular formula is C16H11N3O. The lowest BCUT2D eigenvalue weighted by Gasteiger charge is -2.32. The third kappa shape index (κ3) is 1.62. The van der Waals surface area contributed by atoms with Crippen LogP contribution < -0.4 is 9.64 Å². The Morgan fingerprint density at radius 3 is 1.90 bits per heavy atom. The monoisotopic (exact) mass is 261 g/mol. The largest absolute Gasteiger partial charge is 0.453 e. The van der Waals surface area contributed by atoms with Crippen LogP contribution in [0.25, 0.3) is 0 Å². The summed E-state index contributed by atoms with van der Waals surface area (Å²) in [6, 6.07) is 15.9. The Morgan fingerprint density at radius 1 is 0.750 bits per heavy atom. The Kier molecular flexibility index (Phi) is 2.39. The molecule has 0 saturated carbocycles. The van der Waals surface area contributed by atoms with Gasteiger partial charge in [0.2, 0.25) is 0 Å². The third-order valence-corrected chi connectivity index (χ3v) is 3.24. The van der Waals surface area contributed by atoms with Gasteiger partial charge in [0.05, 0.1) is 29.5 Å². The summed E-state index contributed by atoms with van der Waals surface area (Å²) < 4.78 is 5.95. The first-order valence-corrected chi connectivity index (χ1v) is 6.34. The van der Waals surface area contributed by atoms with Gasteiger partial charge in [0.15, 0.2) is 11.5 Å².